The van der Waals surface area contributed by atoms with E-state index in [-0.39, 0.29) is 17.6 Å². The molecule has 0 radical (unpaired) electrons. The molecule has 2 aromatic rings. The van der Waals surface area contributed by atoms with E-state index in [1.165, 1.54) is 12.5 Å². The van der Waals surface area contributed by atoms with Crippen molar-refractivity contribution < 1.29 is 9.72 Å². The molecule has 0 aliphatic heterocycles. The SMILES string of the molecule is C=CCN(c1ccc([N+](=O)[O-])c2cccnc12)C(CC(C)C)C(=O)NC1CCCCC1. The van der Waals surface area contributed by atoms with Gasteiger partial charge in [0.25, 0.3) is 5.69 Å². The first-order valence-electron chi connectivity index (χ1n) is 11.1. The molecule has 1 saturated carbocycles. The number of amides is 1. The van der Waals surface area contributed by atoms with Gasteiger partial charge in [-0.1, -0.05) is 39.2 Å². The summed E-state index contributed by atoms with van der Waals surface area (Å²) in [7, 11) is 0. The van der Waals surface area contributed by atoms with Crippen LogP contribution in [-0.4, -0.2) is 34.4 Å². The topological polar surface area (TPSA) is 88.4 Å². The lowest BCUT2D eigenvalue weighted by Gasteiger charge is -2.35. The van der Waals surface area contributed by atoms with Crippen LogP contribution in [0.5, 0.6) is 0 Å². The monoisotopic (exact) mass is 424 g/mol. The highest BCUT2D eigenvalue weighted by atomic mass is 16.6. The van der Waals surface area contributed by atoms with Crippen molar-refractivity contribution in [3.05, 3.63) is 53.2 Å². The first kappa shape index (κ1) is 22.7. The number of hydrogen-bond acceptors (Lipinski definition) is 5. The van der Waals surface area contributed by atoms with Crippen molar-refractivity contribution in [3.8, 4) is 0 Å². The van der Waals surface area contributed by atoms with Crippen molar-refractivity contribution in [2.75, 3.05) is 11.4 Å². The molecular weight excluding hydrogens is 392 g/mol. The van der Waals surface area contributed by atoms with Crippen molar-refractivity contribution in [2.45, 2.75) is 64.5 Å². The second-order valence-electron chi connectivity index (χ2n) is 8.69. The predicted molar refractivity (Wildman–Crippen MR) is 124 cm³/mol. The molecule has 0 saturated heterocycles. The molecule has 1 atom stereocenters. The highest BCUT2D eigenvalue weighted by molar-refractivity contribution is 5.98. The maximum absolute atomic E-state index is 13.4. The van der Waals surface area contributed by atoms with Crippen LogP contribution >= 0.6 is 0 Å². The largest absolute Gasteiger partial charge is 0.354 e. The van der Waals surface area contributed by atoms with E-state index >= 15 is 0 Å². The van der Waals surface area contributed by atoms with E-state index in [1.807, 2.05) is 4.90 Å². The van der Waals surface area contributed by atoms with Crippen molar-refractivity contribution >= 4 is 28.2 Å². The van der Waals surface area contributed by atoms with E-state index in [1.54, 1.807) is 30.5 Å². The molecule has 0 bridgehead atoms. The Kier molecular flexibility index (Phi) is 7.60. The molecule has 7 nitrogen and oxygen atoms in total. The number of nitrogens with one attached hydrogen (secondary N) is 1. The number of nitrogens with zero attached hydrogens (tertiary/aromatic N) is 3. The molecule has 166 valence electrons. The van der Waals surface area contributed by atoms with E-state index in [9.17, 15) is 14.9 Å². The number of hydrogen-bond donors (Lipinski definition) is 1. The van der Waals surface area contributed by atoms with Crippen LogP contribution < -0.4 is 10.2 Å². The third-order valence-electron chi connectivity index (χ3n) is 5.88. The molecule has 1 aliphatic carbocycles. The van der Waals surface area contributed by atoms with Gasteiger partial charge < -0.3 is 10.2 Å². The van der Waals surface area contributed by atoms with E-state index in [2.05, 4.69) is 30.7 Å². The number of nitro groups is 1. The average molecular weight is 425 g/mol. The fourth-order valence-corrected chi connectivity index (χ4v) is 4.43. The van der Waals surface area contributed by atoms with E-state index in [0.29, 0.717) is 35.5 Å². The van der Waals surface area contributed by atoms with Gasteiger partial charge in [-0.3, -0.25) is 19.9 Å². The van der Waals surface area contributed by atoms with Gasteiger partial charge in [-0.15, -0.1) is 6.58 Å². The van der Waals surface area contributed by atoms with Crippen LogP contribution in [0.4, 0.5) is 11.4 Å². The van der Waals surface area contributed by atoms with Gasteiger partial charge in [0, 0.05) is 24.8 Å². The third kappa shape index (κ3) is 5.40. The number of nitro benzene ring substituents is 1. The third-order valence-corrected chi connectivity index (χ3v) is 5.88. The fourth-order valence-electron chi connectivity index (χ4n) is 4.43. The van der Waals surface area contributed by atoms with Gasteiger partial charge in [0.1, 0.15) is 11.6 Å². The maximum atomic E-state index is 13.4. The number of carbonyl (C=O) groups is 1. The summed E-state index contributed by atoms with van der Waals surface area (Å²) in [5.41, 5.74) is 1.25. The molecule has 1 fully saturated rings. The summed E-state index contributed by atoms with van der Waals surface area (Å²) in [5.74, 6) is 0.302. The highest BCUT2D eigenvalue weighted by Crippen LogP contribution is 2.34. The van der Waals surface area contributed by atoms with Gasteiger partial charge in [0.05, 0.1) is 16.0 Å². The van der Waals surface area contributed by atoms with Gasteiger partial charge >= 0.3 is 0 Å². The molecule has 31 heavy (non-hydrogen) atoms. The van der Waals surface area contributed by atoms with Crippen LogP contribution in [0.2, 0.25) is 0 Å². The summed E-state index contributed by atoms with van der Waals surface area (Å²) in [5, 5.41) is 15.2. The number of aromatic nitrogens is 1. The molecule has 7 heteroatoms. The molecule has 1 amide bonds. The standard InChI is InChI=1S/C24H32N4O3/c1-4-15-27(21-13-12-20(28(30)31)19-11-8-14-25-23(19)21)22(16-17(2)3)24(29)26-18-9-6-5-7-10-18/h4,8,11-14,17-18,22H,1,5-7,9-10,15-16H2,2-3H3,(H,26,29). The van der Waals surface area contributed by atoms with Crippen molar-refractivity contribution in [3.63, 3.8) is 0 Å². The number of pyridine rings is 1. The number of fused-ring (bicyclic) bond motifs is 1. The van der Waals surface area contributed by atoms with Crippen molar-refractivity contribution in [1.29, 1.82) is 0 Å². The first-order chi connectivity index (χ1) is 14.9. The van der Waals surface area contributed by atoms with Gasteiger partial charge in [-0.25, -0.2) is 0 Å². The summed E-state index contributed by atoms with van der Waals surface area (Å²) in [4.78, 5) is 31.0. The van der Waals surface area contributed by atoms with Gasteiger partial charge in [-0.2, -0.15) is 0 Å². The molecular formula is C24H32N4O3. The first-order valence-corrected chi connectivity index (χ1v) is 11.1. The Labute approximate surface area is 183 Å². The number of carbonyl (C=O) groups excluding carboxylic acids is 1. The smallest absolute Gasteiger partial charge is 0.278 e. The zero-order valence-electron chi connectivity index (χ0n) is 18.4. The lowest BCUT2D eigenvalue weighted by atomic mass is 9.94. The lowest BCUT2D eigenvalue weighted by Crippen LogP contribution is -2.51. The van der Waals surface area contributed by atoms with E-state index in [0.717, 1.165) is 25.7 Å². The minimum absolute atomic E-state index is 0.00452. The predicted octanol–water partition coefficient (Wildman–Crippen LogP) is 5.00. The van der Waals surface area contributed by atoms with Crippen LogP contribution in [0.25, 0.3) is 10.9 Å². The number of non-ortho nitro benzene ring substituents is 1. The molecule has 1 aromatic carbocycles. The highest BCUT2D eigenvalue weighted by Gasteiger charge is 2.30. The Morgan fingerprint density at radius 3 is 2.71 bits per heavy atom. The zero-order valence-corrected chi connectivity index (χ0v) is 18.4. The lowest BCUT2D eigenvalue weighted by molar-refractivity contribution is -0.383. The molecule has 1 aliphatic rings. The van der Waals surface area contributed by atoms with Crippen LogP contribution in [0, 0.1) is 16.0 Å². The van der Waals surface area contributed by atoms with Gasteiger partial charge in [0.15, 0.2) is 0 Å². The molecule has 3 rings (SSSR count). The van der Waals surface area contributed by atoms with Crippen molar-refractivity contribution in [2.24, 2.45) is 5.92 Å². The molecule has 1 N–H and O–H groups in total. The Morgan fingerprint density at radius 1 is 1.32 bits per heavy atom. The Bertz CT molecular complexity index is 938. The second kappa shape index (κ2) is 10.4. The quantitative estimate of drug-likeness (QED) is 0.348. The Hall–Kier alpha value is -2.96. The van der Waals surface area contributed by atoms with Crippen molar-refractivity contribution in [1.82, 2.24) is 10.3 Å². The fraction of sp³-hybridized carbons (Fsp3) is 0.500. The Balaban J connectivity index is 2.02. The summed E-state index contributed by atoms with van der Waals surface area (Å²) >= 11 is 0. The number of benzene rings is 1. The van der Waals surface area contributed by atoms with Crippen LogP contribution in [0.3, 0.4) is 0 Å². The van der Waals surface area contributed by atoms with Crippen LogP contribution in [0.1, 0.15) is 52.4 Å². The molecule has 0 spiro atoms. The minimum Gasteiger partial charge on any atom is -0.354 e. The number of anilines is 1. The van der Waals surface area contributed by atoms with Crippen LogP contribution in [0.15, 0.2) is 43.1 Å². The molecule has 1 unspecified atom stereocenters. The van der Waals surface area contributed by atoms with E-state index < -0.39 is 11.0 Å². The Morgan fingerprint density at radius 2 is 2.06 bits per heavy atom. The van der Waals surface area contributed by atoms with Gasteiger partial charge in [0.2, 0.25) is 5.91 Å². The normalized spacial score (nSPS) is 15.6. The summed E-state index contributed by atoms with van der Waals surface area (Å²) in [6.07, 6.45) is 9.61. The van der Waals surface area contributed by atoms with Crippen LogP contribution in [-0.2, 0) is 4.79 Å². The van der Waals surface area contributed by atoms with Gasteiger partial charge in [-0.05, 0) is 43.4 Å². The molecule has 1 heterocycles. The second-order valence-corrected chi connectivity index (χ2v) is 8.69. The minimum atomic E-state index is -0.411. The maximum Gasteiger partial charge on any atom is 0.278 e. The summed E-state index contributed by atoms with van der Waals surface area (Å²) in [6.45, 7) is 8.52. The number of rotatable bonds is 9. The molecule has 1 aromatic heterocycles. The summed E-state index contributed by atoms with van der Waals surface area (Å²) in [6, 6.07) is 6.41. The average Bonchev–Trinajstić information content (AvgIpc) is 2.76. The summed E-state index contributed by atoms with van der Waals surface area (Å²) < 4.78 is 0. The zero-order chi connectivity index (χ0) is 22.4. The van der Waals surface area contributed by atoms with E-state index in [4.69, 9.17) is 0 Å².